The third kappa shape index (κ3) is 3.44. The van der Waals surface area contributed by atoms with E-state index in [0.717, 1.165) is 17.7 Å². The number of benzene rings is 2. The first kappa shape index (κ1) is 16.3. The van der Waals surface area contributed by atoms with Gasteiger partial charge in [-0.1, -0.05) is 18.2 Å². The molecule has 26 heavy (non-hydrogen) atoms. The predicted octanol–water partition coefficient (Wildman–Crippen LogP) is 3.51. The molecule has 1 aromatic heterocycles. The van der Waals surface area contributed by atoms with E-state index in [2.05, 4.69) is 10.2 Å². The molecule has 0 bridgehead atoms. The zero-order valence-corrected chi connectivity index (χ0v) is 14.1. The molecule has 1 amide bonds. The number of H-pyrrole nitrogens is 1. The van der Waals surface area contributed by atoms with Gasteiger partial charge in [0.05, 0.1) is 12.2 Å². The zero-order chi connectivity index (χ0) is 17.9. The van der Waals surface area contributed by atoms with Crippen LogP contribution < -0.4 is 4.74 Å². The summed E-state index contributed by atoms with van der Waals surface area (Å²) in [5.74, 6) is 0.402. The molecule has 0 radical (unpaired) electrons. The highest BCUT2D eigenvalue weighted by Crippen LogP contribution is 2.22. The fraction of sp³-hybridized carbons (Fsp3) is 0.200. The summed E-state index contributed by atoms with van der Waals surface area (Å²) < 4.78 is 19.0. The van der Waals surface area contributed by atoms with Crippen molar-refractivity contribution >= 4 is 5.91 Å². The van der Waals surface area contributed by atoms with E-state index in [4.69, 9.17) is 4.74 Å². The minimum absolute atomic E-state index is 0.0131. The molecule has 0 aliphatic carbocycles. The van der Waals surface area contributed by atoms with Crippen LogP contribution in [0.25, 0.3) is 11.3 Å². The molecular formula is C20H18FN3O2. The van der Waals surface area contributed by atoms with E-state index >= 15 is 0 Å². The Hall–Kier alpha value is -3.15. The van der Waals surface area contributed by atoms with Gasteiger partial charge in [0, 0.05) is 18.5 Å². The van der Waals surface area contributed by atoms with Crippen LogP contribution in [0.1, 0.15) is 16.9 Å². The van der Waals surface area contributed by atoms with Crippen molar-refractivity contribution in [2.45, 2.75) is 12.5 Å². The Balaban J connectivity index is 1.41. The van der Waals surface area contributed by atoms with Crippen molar-refractivity contribution in [1.82, 2.24) is 15.1 Å². The molecule has 0 saturated carbocycles. The van der Waals surface area contributed by atoms with Gasteiger partial charge in [-0.3, -0.25) is 9.89 Å². The summed E-state index contributed by atoms with van der Waals surface area (Å²) in [6.07, 6.45) is 0.778. The van der Waals surface area contributed by atoms with E-state index in [9.17, 15) is 9.18 Å². The highest BCUT2D eigenvalue weighted by molar-refractivity contribution is 5.93. The number of likely N-dealkylation sites (tertiary alicyclic amines) is 1. The number of nitrogens with zero attached hydrogens (tertiary/aromatic N) is 2. The number of rotatable bonds is 4. The molecule has 1 saturated heterocycles. The van der Waals surface area contributed by atoms with Gasteiger partial charge in [0.2, 0.25) is 0 Å². The molecule has 3 aromatic rings. The van der Waals surface area contributed by atoms with Crippen molar-refractivity contribution < 1.29 is 13.9 Å². The molecule has 1 atom stereocenters. The van der Waals surface area contributed by atoms with Crippen LogP contribution in [0, 0.1) is 5.82 Å². The molecule has 132 valence electrons. The summed E-state index contributed by atoms with van der Waals surface area (Å²) in [6.45, 7) is 1.18. The van der Waals surface area contributed by atoms with Crippen LogP contribution in [0.3, 0.4) is 0 Å². The number of carbonyl (C=O) groups excluding carboxylic acids is 1. The van der Waals surface area contributed by atoms with Crippen molar-refractivity contribution in [1.29, 1.82) is 0 Å². The van der Waals surface area contributed by atoms with Gasteiger partial charge in [-0.2, -0.15) is 5.10 Å². The third-order valence-electron chi connectivity index (χ3n) is 4.43. The number of para-hydroxylation sites is 1. The Morgan fingerprint density at radius 2 is 1.92 bits per heavy atom. The molecule has 5 nitrogen and oxygen atoms in total. The number of hydrogen-bond acceptors (Lipinski definition) is 3. The molecule has 0 unspecified atom stereocenters. The molecule has 2 heterocycles. The minimum atomic E-state index is -0.304. The third-order valence-corrected chi connectivity index (χ3v) is 4.43. The molecule has 1 N–H and O–H groups in total. The average molecular weight is 351 g/mol. The van der Waals surface area contributed by atoms with Crippen LogP contribution in [0.5, 0.6) is 5.75 Å². The number of carbonyl (C=O) groups is 1. The largest absolute Gasteiger partial charge is 0.489 e. The second-order valence-electron chi connectivity index (χ2n) is 6.27. The Morgan fingerprint density at radius 1 is 1.15 bits per heavy atom. The smallest absolute Gasteiger partial charge is 0.272 e. The van der Waals surface area contributed by atoms with E-state index in [1.807, 2.05) is 30.3 Å². The summed E-state index contributed by atoms with van der Waals surface area (Å²) in [6, 6.07) is 17.3. The number of nitrogens with one attached hydrogen (secondary N) is 1. The zero-order valence-electron chi connectivity index (χ0n) is 14.1. The first-order valence-corrected chi connectivity index (χ1v) is 8.51. The van der Waals surface area contributed by atoms with E-state index in [0.29, 0.717) is 24.5 Å². The van der Waals surface area contributed by atoms with Crippen molar-refractivity contribution in [3.05, 3.63) is 72.2 Å². The van der Waals surface area contributed by atoms with Gasteiger partial charge in [0.1, 0.15) is 23.4 Å². The van der Waals surface area contributed by atoms with Crippen molar-refractivity contribution in [2.24, 2.45) is 0 Å². The second kappa shape index (κ2) is 7.00. The quantitative estimate of drug-likeness (QED) is 0.783. The normalized spacial score (nSPS) is 16.7. The van der Waals surface area contributed by atoms with Gasteiger partial charge in [-0.15, -0.1) is 0 Å². The van der Waals surface area contributed by atoms with Crippen LogP contribution in [0.15, 0.2) is 60.7 Å². The summed E-state index contributed by atoms with van der Waals surface area (Å²) in [5, 5.41) is 6.95. The van der Waals surface area contributed by atoms with Crippen LogP contribution in [0.4, 0.5) is 4.39 Å². The molecule has 1 aliphatic rings. The number of halogens is 1. The lowest BCUT2D eigenvalue weighted by Gasteiger charge is -2.16. The van der Waals surface area contributed by atoms with Crippen molar-refractivity contribution in [3.8, 4) is 17.0 Å². The highest BCUT2D eigenvalue weighted by atomic mass is 19.1. The standard InChI is InChI=1S/C20H18FN3O2/c21-15-8-6-14(7-9-15)18-12-19(23-22-18)20(25)24-11-10-17(13-24)26-16-4-2-1-3-5-16/h1-9,12,17H,10-11,13H2,(H,22,23)/t17-/m0/s1. The van der Waals surface area contributed by atoms with Crippen LogP contribution in [0.2, 0.25) is 0 Å². The summed E-state index contributed by atoms with van der Waals surface area (Å²) >= 11 is 0. The SMILES string of the molecule is O=C(c1cc(-c2ccc(F)cc2)n[nH]1)N1CC[C@H](Oc2ccccc2)C1. The van der Waals surface area contributed by atoms with Crippen LogP contribution >= 0.6 is 0 Å². The average Bonchev–Trinajstić information content (AvgIpc) is 3.33. The first-order chi connectivity index (χ1) is 12.7. The molecule has 0 spiro atoms. The monoisotopic (exact) mass is 351 g/mol. The Bertz CT molecular complexity index is 893. The molecule has 4 rings (SSSR count). The number of amides is 1. The maximum Gasteiger partial charge on any atom is 0.272 e. The fourth-order valence-corrected chi connectivity index (χ4v) is 3.07. The molecule has 2 aromatic carbocycles. The van der Waals surface area contributed by atoms with Crippen LogP contribution in [-0.4, -0.2) is 40.2 Å². The van der Waals surface area contributed by atoms with Crippen molar-refractivity contribution in [2.75, 3.05) is 13.1 Å². The van der Waals surface area contributed by atoms with Gasteiger partial charge in [-0.05, 0) is 42.5 Å². The van der Waals surface area contributed by atoms with Gasteiger partial charge < -0.3 is 9.64 Å². The maximum atomic E-state index is 13.0. The number of aromatic amines is 1. The predicted molar refractivity (Wildman–Crippen MR) is 95.4 cm³/mol. The lowest BCUT2D eigenvalue weighted by atomic mass is 10.1. The van der Waals surface area contributed by atoms with E-state index in [1.165, 1.54) is 12.1 Å². The van der Waals surface area contributed by atoms with E-state index in [-0.39, 0.29) is 17.8 Å². The number of ether oxygens (including phenoxy) is 1. The van der Waals surface area contributed by atoms with Crippen LogP contribution in [-0.2, 0) is 0 Å². The van der Waals surface area contributed by atoms with Gasteiger partial charge in [0.15, 0.2) is 0 Å². The van der Waals surface area contributed by atoms with Crippen molar-refractivity contribution in [3.63, 3.8) is 0 Å². The molecule has 6 heteroatoms. The number of aromatic nitrogens is 2. The van der Waals surface area contributed by atoms with Gasteiger partial charge in [0.25, 0.3) is 5.91 Å². The van der Waals surface area contributed by atoms with Gasteiger partial charge >= 0.3 is 0 Å². The fourth-order valence-electron chi connectivity index (χ4n) is 3.07. The lowest BCUT2D eigenvalue weighted by molar-refractivity contribution is 0.0766. The topological polar surface area (TPSA) is 58.2 Å². The van der Waals surface area contributed by atoms with E-state index < -0.39 is 0 Å². The number of hydrogen-bond donors (Lipinski definition) is 1. The van der Waals surface area contributed by atoms with Gasteiger partial charge in [-0.25, -0.2) is 4.39 Å². The minimum Gasteiger partial charge on any atom is -0.489 e. The molecule has 1 aliphatic heterocycles. The Kier molecular flexibility index (Phi) is 4.39. The van der Waals surface area contributed by atoms with E-state index in [1.54, 1.807) is 23.1 Å². The molecule has 1 fully saturated rings. The lowest BCUT2D eigenvalue weighted by Crippen LogP contribution is -2.31. The Labute approximate surface area is 150 Å². The highest BCUT2D eigenvalue weighted by Gasteiger charge is 2.29. The summed E-state index contributed by atoms with van der Waals surface area (Å²) in [7, 11) is 0. The maximum absolute atomic E-state index is 13.0. The Morgan fingerprint density at radius 3 is 2.69 bits per heavy atom. The summed E-state index contributed by atoms with van der Waals surface area (Å²) in [5.41, 5.74) is 1.79. The second-order valence-corrected chi connectivity index (χ2v) is 6.27. The molecular weight excluding hydrogens is 333 g/mol. The summed E-state index contributed by atoms with van der Waals surface area (Å²) in [4.78, 5) is 14.4. The first-order valence-electron chi connectivity index (χ1n) is 8.51.